The first-order chi connectivity index (χ1) is 12.1. The van der Waals surface area contributed by atoms with E-state index < -0.39 is 5.97 Å². The number of hydrogen-bond acceptors (Lipinski definition) is 7. The summed E-state index contributed by atoms with van der Waals surface area (Å²) in [6.45, 7) is 1.87. The maximum atomic E-state index is 11.9. The predicted octanol–water partition coefficient (Wildman–Crippen LogP) is 3.18. The van der Waals surface area contributed by atoms with Crippen molar-refractivity contribution in [3.05, 3.63) is 51.4 Å². The van der Waals surface area contributed by atoms with E-state index in [0.717, 1.165) is 9.75 Å². The molecule has 1 amide bonds. The Kier molecular flexibility index (Phi) is 5.62. The van der Waals surface area contributed by atoms with Crippen LogP contribution in [-0.4, -0.2) is 23.5 Å². The predicted molar refractivity (Wildman–Crippen MR) is 95.4 cm³/mol. The molecule has 0 unspecified atom stereocenters. The molecule has 0 spiro atoms. The number of aromatic nitrogens is 1. The summed E-state index contributed by atoms with van der Waals surface area (Å²) in [5.41, 5.74) is 0.521. The van der Waals surface area contributed by atoms with Crippen LogP contribution in [0.3, 0.4) is 0 Å². The van der Waals surface area contributed by atoms with Gasteiger partial charge in [0.2, 0.25) is 5.89 Å². The molecule has 8 heteroatoms. The zero-order valence-corrected chi connectivity index (χ0v) is 15.1. The molecule has 3 aromatic heterocycles. The lowest BCUT2D eigenvalue weighted by Gasteiger charge is -2.05. The van der Waals surface area contributed by atoms with Gasteiger partial charge in [-0.3, -0.25) is 9.59 Å². The molecule has 3 heterocycles. The first-order valence-electron chi connectivity index (χ1n) is 7.56. The van der Waals surface area contributed by atoms with Crippen LogP contribution in [0.1, 0.15) is 16.3 Å². The zero-order chi connectivity index (χ0) is 17.6. The van der Waals surface area contributed by atoms with Crippen LogP contribution in [-0.2, 0) is 27.3 Å². The third-order valence-electron chi connectivity index (χ3n) is 3.34. The van der Waals surface area contributed by atoms with Crippen LogP contribution in [0.4, 0.5) is 0 Å². The molecule has 0 fully saturated rings. The van der Waals surface area contributed by atoms with Crippen LogP contribution in [0, 0.1) is 6.92 Å². The van der Waals surface area contributed by atoms with E-state index in [9.17, 15) is 9.59 Å². The van der Waals surface area contributed by atoms with Crippen LogP contribution >= 0.6 is 22.7 Å². The van der Waals surface area contributed by atoms with Crippen molar-refractivity contribution in [1.29, 1.82) is 0 Å². The topological polar surface area (TPSA) is 81.4 Å². The van der Waals surface area contributed by atoms with Crippen LogP contribution in [0.5, 0.6) is 0 Å². The highest BCUT2D eigenvalue weighted by atomic mass is 32.1. The Bertz CT molecular complexity index is 838. The summed E-state index contributed by atoms with van der Waals surface area (Å²) >= 11 is 3.06. The minimum absolute atomic E-state index is 0.0289. The Morgan fingerprint density at radius 3 is 2.76 bits per heavy atom. The molecule has 0 aliphatic heterocycles. The van der Waals surface area contributed by atoms with Crippen molar-refractivity contribution < 1.29 is 18.7 Å². The SMILES string of the molecule is Cc1oc(-c2cccs2)nc1CC(=O)OCC(=O)NCc1cccs1. The fourth-order valence-electron chi connectivity index (χ4n) is 2.08. The number of nitrogens with one attached hydrogen (secondary N) is 1. The number of carbonyl (C=O) groups is 2. The molecule has 0 aliphatic rings. The van der Waals surface area contributed by atoms with Gasteiger partial charge in [-0.1, -0.05) is 12.1 Å². The Morgan fingerprint density at radius 1 is 1.24 bits per heavy atom. The highest BCUT2D eigenvalue weighted by Gasteiger charge is 2.16. The van der Waals surface area contributed by atoms with E-state index in [0.29, 0.717) is 23.9 Å². The number of oxazole rings is 1. The average molecular weight is 376 g/mol. The van der Waals surface area contributed by atoms with Gasteiger partial charge in [-0.05, 0) is 29.8 Å². The molecule has 3 rings (SSSR count). The lowest BCUT2D eigenvalue weighted by Crippen LogP contribution is -2.28. The van der Waals surface area contributed by atoms with Gasteiger partial charge < -0.3 is 14.5 Å². The molecule has 0 atom stereocenters. The summed E-state index contributed by atoms with van der Waals surface area (Å²) in [6, 6.07) is 7.64. The standard InChI is InChI=1S/C17H16N2O4S2/c1-11-13(19-17(23-11)14-5-3-7-25-14)8-16(21)22-10-15(20)18-9-12-4-2-6-24-12/h2-7H,8-10H2,1H3,(H,18,20). The summed E-state index contributed by atoms with van der Waals surface area (Å²) < 4.78 is 10.6. The van der Waals surface area contributed by atoms with Gasteiger partial charge in [0, 0.05) is 4.88 Å². The molecule has 3 aromatic rings. The molecule has 0 aliphatic carbocycles. The van der Waals surface area contributed by atoms with Crippen molar-refractivity contribution in [2.45, 2.75) is 19.9 Å². The van der Waals surface area contributed by atoms with Crippen molar-refractivity contribution in [3.63, 3.8) is 0 Å². The first-order valence-corrected chi connectivity index (χ1v) is 9.32. The number of ether oxygens (including phenoxy) is 1. The van der Waals surface area contributed by atoms with Crippen LogP contribution in [0.2, 0.25) is 0 Å². The smallest absolute Gasteiger partial charge is 0.312 e. The van der Waals surface area contributed by atoms with Gasteiger partial charge in [-0.15, -0.1) is 22.7 Å². The fraction of sp³-hybridized carbons (Fsp3) is 0.235. The van der Waals surface area contributed by atoms with Crippen molar-refractivity contribution in [3.8, 4) is 10.8 Å². The molecular formula is C17H16N2O4S2. The van der Waals surface area contributed by atoms with E-state index in [4.69, 9.17) is 9.15 Å². The number of esters is 1. The lowest BCUT2D eigenvalue weighted by atomic mass is 10.3. The van der Waals surface area contributed by atoms with E-state index >= 15 is 0 Å². The summed E-state index contributed by atoms with van der Waals surface area (Å²) in [5, 5.41) is 6.56. The zero-order valence-electron chi connectivity index (χ0n) is 13.5. The van der Waals surface area contributed by atoms with E-state index in [-0.39, 0.29) is 18.9 Å². The molecule has 25 heavy (non-hydrogen) atoms. The number of thiophene rings is 2. The maximum absolute atomic E-state index is 11.9. The number of amides is 1. The summed E-state index contributed by atoms with van der Waals surface area (Å²) in [6.07, 6.45) is -0.0289. The number of hydrogen-bond donors (Lipinski definition) is 1. The summed E-state index contributed by atoms with van der Waals surface area (Å²) in [7, 11) is 0. The normalized spacial score (nSPS) is 10.6. The van der Waals surface area contributed by atoms with Crippen molar-refractivity contribution in [2.75, 3.05) is 6.61 Å². The summed E-state index contributed by atoms with van der Waals surface area (Å²) in [5.74, 6) is 0.213. The third kappa shape index (κ3) is 4.77. The third-order valence-corrected chi connectivity index (χ3v) is 5.07. The second kappa shape index (κ2) is 8.09. The Hall–Kier alpha value is -2.45. The van der Waals surface area contributed by atoms with Gasteiger partial charge in [0.25, 0.3) is 5.91 Å². The van der Waals surface area contributed by atoms with Gasteiger partial charge >= 0.3 is 5.97 Å². The molecule has 0 radical (unpaired) electrons. The largest absolute Gasteiger partial charge is 0.455 e. The van der Waals surface area contributed by atoms with Crippen molar-refractivity contribution in [1.82, 2.24) is 10.3 Å². The quantitative estimate of drug-likeness (QED) is 0.641. The number of rotatable bonds is 7. The number of carbonyl (C=O) groups excluding carboxylic acids is 2. The highest BCUT2D eigenvalue weighted by Crippen LogP contribution is 2.26. The highest BCUT2D eigenvalue weighted by molar-refractivity contribution is 7.13. The molecule has 0 saturated carbocycles. The van der Waals surface area contributed by atoms with E-state index in [1.54, 1.807) is 18.3 Å². The van der Waals surface area contributed by atoms with Gasteiger partial charge in [-0.25, -0.2) is 4.98 Å². The average Bonchev–Trinajstić information content (AvgIpc) is 3.34. The molecule has 0 saturated heterocycles. The second-order valence-corrected chi connectivity index (χ2v) is 7.17. The van der Waals surface area contributed by atoms with Crippen LogP contribution in [0.25, 0.3) is 10.8 Å². The van der Waals surface area contributed by atoms with Crippen molar-refractivity contribution >= 4 is 34.6 Å². The minimum atomic E-state index is -0.514. The monoisotopic (exact) mass is 376 g/mol. The number of nitrogens with zero attached hydrogens (tertiary/aromatic N) is 1. The van der Waals surface area contributed by atoms with Gasteiger partial charge in [0.05, 0.1) is 23.5 Å². The Morgan fingerprint density at radius 2 is 2.04 bits per heavy atom. The van der Waals surface area contributed by atoms with Gasteiger partial charge in [0.15, 0.2) is 6.61 Å². The molecular weight excluding hydrogens is 360 g/mol. The van der Waals surface area contributed by atoms with E-state index in [1.807, 2.05) is 35.0 Å². The van der Waals surface area contributed by atoms with E-state index in [2.05, 4.69) is 10.3 Å². The Balaban J connectivity index is 1.47. The van der Waals surface area contributed by atoms with Gasteiger partial charge in [-0.2, -0.15) is 0 Å². The summed E-state index contributed by atoms with van der Waals surface area (Å²) in [4.78, 5) is 29.9. The second-order valence-electron chi connectivity index (χ2n) is 5.19. The molecule has 0 aromatic carbocycles. The first kappa shape index (κ1) is 17.4. The van der Waals surface area contributed by atoms with Gasteiger partial charge in [0.1, 0.15) is 5.76 Å². The van der Waals surface area contributed by atoms with Crippen LogP contribution in [0.15, 0.2) is 39.4 Å². The molecule has 1 N–H and O–H groups in total. The maximum Gasteiger partial charge on any atom is 0.312 e. The molecule has 0 bridgehead atoms. The Labute approximate surface area is 152 Å². The fourth-order valence-corrected chi connectivity index (χ4v) is 3.37. The molecule has 130 valence electrons. The lowest BCUT2D eigenvalue weighted by molar-refractivity contribution is -0.148. The van der Waals surface area contributed by atoms with Crippen LogP contribution < -0.4 is 5.32 Å². The molecule has 6 nitrogen and oxygen atoms in total. The van der Waals surface area contributed by atoms with Crippen molar-refractivity contribution in [2.24, 2.45) is 0 Å². The minimum Gasteiger partial charge on any atom is -0.455 e. The van der Waals surface area contributed by atoms with E-state index in [1.165, 1.54) is 11.3 Å². The number of aryl methyl sites for hydroxylation is 1.